The van der Waals surface area contributed by atoms with E-state index in [0.29, 0.717) is 5.69 Å². The Morgan fingerprint density at radius 3 is 2.80 bits per heavy atom. The summed E-state index contributed by atoms with van der Waals surface area (Å²) in [6.07, 6.45) is 5.26. The van der Waals surface area contributed by atoms with E-state index < -0.39 is 23.8 Å². The van der Waals surface area contributed by atoms with Crippen molar-refractivity contribution in [1.82, 2.24) is 4.98 Å². The number of amides is 1. The van der Waals surface area contributed by atoms with E-state index in [0.717, 1.165) is 5.57 Å². The molecule has 1 N–H and O–H groups in total. The minimum Gasteiger partial charge on any atom is -0.481 e. The Morgan fingerprint density at radius 2 is 2.20 bits per heavy atom. The first kappa shape index (κ1) is 12.8. The molecule has 4 unspecified atom stereocenters. The molecule has 0 radical (unpaired) electrons. The van der Waals surface area contributed by atoms with Crippen molar-refractivity contribution in [3.63, 3.8) is 0 Å². The highest BCUT2D eigenvalue weighted by atomic mass is 16.4. The predicted octanol–water partition coefficient (Wildman–Crippen LogP) is 1.71. The first-order chi connectivity index (χ1) is 9.52. The van der Waals surface area contributed by atoms with E-state index in [-0.39, 0.29) is 11.8 Å². The van der Waals surface area contributed by atoms with Gasteiger partial charge in [-0.05, 0) is 25.0 Å². The standard InChI is InChI=1S/C15H16N2O3/c1-8-6-9(2)13-12(15(19)20)11(8)14(18)17(13)10-4-3-5-16-7-10/h3-8,11-13H,1-2H3,(H,19,20). The van der Waals surface area contributed by atoms with Crippen molar-refractivity contribution in [3.8, 4) is 0 Å². The molecule has 1 amide bonds. The van der Waals surface area contributed by atoms with Gasteiger partial charge in [0.15, 0.2) is 0 Å². The average molecular weight is 272 g/mol. The van der Waals surface area contributed by atoms with Gasteiger partial charge < -0.3 is 10.0 Å². The van der Waals surface area contributed by atoms with Gasteiger partial charge in [0.25, 0.3) is 0 Å². The molecule has 1 aliphatic carbocycles. The number of fused-ring (bicyclic) bond motifs is 2. The fourth-order valence-electron chi connectivity index (χ4n) is 3.54. The molecule has 4 atom stereocenters. The number of allylic oxidation sites excluding steroid dienone is 1. The third-order valence-corrected chi connectivity index (χ3v) is 4.30. The van der Waals surface area contributed by atoms with Crippen LogP contribution in [0.3, 0.4) is 0 Å². The molecule has 0 saturated carbocycles. The highest BCUT2D eigenvalue weighted by molar-refractivity contribution is 6.03. The number of hydrogen-bond acceptors (Lipinski definition) is 3. The average Bonchev–Trinajstić information content (AvgIpc) is 2.68. The maximum absolute atomic E-state index is 12.7. The van der Waals surface area contributed by atoms with E-state index in [1.54, 1.807) is 29.4 Å². The zero-order valence-electron chi connectivity index (χ0n) is 11.4. The van der Waals surface area contributed by atoms with Gasteiger partial charge in [0.1, 0.15) is 0 Å². The summed E-state index contributed by atoms with van der Waals surface area (Å²) in [6, 6.07) is 3.15. The first-order valence-electron chi connectivity index (χ1n) is 6.66. The van der Waals surface area contributed by atoms with Crippen molar-refractivity contribution in [2.24, 2.45) is 17.8 Å². The lowest BCUT2D eigenvalue weighted by Gasteiger charge is -2.30. The van der Waals surface area contributed by atoms with Crippen LogP contribution in [0.2, 0.25) is 0 Å². The number of carboxylic acid groups (broad SMARTS) is 1. The van der Waals surface area contributed by atoms with E-state index in [1.807, 2.05) is 19.9 Å². The van der Waals surface area contributed by atoms with E-state index >= 15 is 0 Å². The number of aromatic nitrogens is 1. The van der Waals surface area contributed by atoms with Crippen LogP contribution in [-0.4, -0.2) is 28.0 Å². The second-order valence-electron chi connectivity index (χ2n) is 5.52. The molecule has 3 rings (SSSR count). The van der Waals surface area contributed by atoms with Crippen molar-refractivity contribution in [1.29, 1.82) is 0 Å². The lowest BCUT2D eigenvalue weighted by molar-refractivity contribution is -0.145. The Labute approximate surface area is 116 Å². The number of carboxylic acids is 1. The third kappa shape index (κ3) is 1.66. The van der Waals surface area contributed by atoms with E-state index in [9.17, 15) is 14.7 Å². The molecule has 1 fully saturated rings. The largest absolute Gasteiger partial charge is 0.481 e. The Hall–Kier alpha value is -2.17. The van der Waals surface area contributed by atoms with Crippen LogP contribution in [0.4, 0.5) is 5.69 Å². The molecule has 5 heteroatoms. The van der Waals surface area contributed by atoms with Gasteiger partial charge in [-0.15, -0.1) is 0 Å². The lowest BCUT2D eigenvalue weighted by Crippen LogP contribution is -2.40. The summed E-state index contributed by atoms with van der Waals surface area (Å²) in [5.74, 6) is -2.24. The Bertz CT molecular complexity index is 596. The van der Waals surface area contributed by atoms with Gasteiger partial charge in [0, 0.05) is 6.20 Å². The zero-order chi connectivity index (χ0) is 14.4. The maximum atomic E-state index is 12.7. The number of hydrogen-bond donors (Lipinski definition) is 1. The smallest absolute Gasteiger partial charge is 0.309 e. The topological polar surface area (TPSA) is 70.5 Å². The molecular weight excluding hydrogens is 256 g/mol. The van der Waals surface area contributed by atoms with Crippen molar-refractivity contribution in [2.45, 2.75) is 19.9 Å². The Balaban J connectivity index is 2.13. The summed E-state index contributed by atoms with van der Waals surface area (Å²) >= 11 is 0. The molecular formula is C15H16N2O3. The molecule has 0 spiro atoms. The maximum Gasteiger partial charge on any atom is 0.309 e. The van der Waals surface area contributed by atoms with Gasteiger partial charge >= 0.3 is 5.97 Å². The summed E-state index contributed by atoms with van der Waals surface area (Å²) < 4.78 is 0. The molecule has 2 bridgehead atoms. The summed E-state index contributed by atoms with van der Waals surface area (Å²) in [5.41, 5.74) is 1.61. The van der Waals surface area contributed by atoms with Crippen LogP contribution in [0.15, 0.2) is 36.2 Å². The van der Waals surface area contributed by atoms with Gasteiger partial charge in [-0.1, -0.05) is 18.6 Å². The third-order valence-electron chi connectivity index (χ3n) is 4.30. The lowest BCUT2D eigenvalue weighted by atomic mass is 9.74. The molecule has 1 aromatic heterocycles. The summed E-state index contributed by atoms with van der Waals surface area (Å²) in [5, 5.41) is 9.52. The molecule has 1 aliphatic heterocycles. The van der Waals surface area contributed by atoms with Crippen LogP contribution in [0, 0.1) is 17.8 Å². The van der Waals surface area contributed by atoms with Gasteiger partial charge in [-0.25, -0.2) is 0 Å². The highest BCUT2D eigenvalue weighted by Gasteiger charge is 2.56. The second kappa shape index (κ2) is 4.44. The van der Waals surface area contributed by atoms with Crippen molar-refractivity contribution in [2.75, 3.05) is 4.90 Å². The molecule has 2 heterocycles. The summed E-state index contributed by atoms with van der Waals surface area (Å²) in [4.78, 5) is 29.9. The monoisotopic (exact) mass is 272 g/mol. The van der Waals surface area contributed by atoms with Crippen LogP contribution < -0.4 is 4.90 Å². The van der Waals surface area contributed by atoms with E-state index in [2.05, 4.69) is 4.98 Å². The quantitative estimate of drug-likeness (QED) is 0.832. The molecule has 1 aromatic rings. The molecule has 1 saturated heterocycles. The Morgan fingerprint density at radius 1 is 1.45 bits per heavy atom. The fraction of sp³-hybridized carbons (Fsp3) is 0.400. The second-order valence-corrected chi connectivity index (χ2v) is 5.52. The van der Waals surface area contributed by atoms with Crippen molar-refractivity contribution < 1.29 is 14.7 Å². The number of carbonyl (C=O) groups is 2. The number of nitrogens with zero attached hydrogens (tertiary/aromatic N) is 2. The van der Waals surface area contributed by atoms with Gasteiger partial charge in [0.05, 0.1) is 29.8 Å². The summed E-state index contributed by atoms with van der Waals surface area (Å²) in [6.45, 7) is 3.81. The number of pyridine rings is 1. The summed E-state index contributed by atoms with van der Waals surface area (Å²) in [7, 11) is 0. The van der Waals surface area contributed by atoms with Crippen LogP contribution in [0.25, 0.3) is 0 Å². The zero-order valence-corrected chi connectivity index (χ0v) is 11.4. The van der Waals surface area contributed by atoms with Gasteiger partial charge in [0.2, 0.25) is 5.91 Å². The van der Waals surface area contributed by atoms with Crippen LogP contribution in [-0.2, 0) is 9.59 Å². The van der Waals surface area contributed by atoms with Crippen LogP contribution in [0.5, 0.6) is 0 Å². The predicted molar refractivity (Wildman–Crippen MR) is 73.0 cm³/mol. The van der Waals surface area contributed by atoms with E-state index in [1.165, 1.54) is 0 Å². The van der Waals surface area contributed by atoms with Crippen LogP contribution in [0.1, 0.15) is 13.8 Å². The van der Waals surface area contributed by atoms with Crippen molar-refractivity contribution in [3.05, 3.63) is 36.2 Å². The normalized spacial score (nSPS) is 32.2. The Kier molecular flexibility index (Phi) is 2.85. The SMILES string of the molecule is CC1=CC(C)C2C(=O)N(c3cccnc3)C1C2C(=O)O. The van der Waals surface area contributed by atoms with Crippen molar-refractivity contribution >= 4 is 17.6 Å². The number of carbonyl (C=O) groups excluding carboxylic acids is 1. The minimum atomic E-state index is -0.904. The highest BCUT2D eigenvalue weighted by Crippen LogP contribution is 2.45. The molecule has 5 nitrogen and oxygen atoms in total. The first-order valence-corrected chi connectivity index (χ1v) is 6.66. The van der Waals surface area contributed by atoms with E-state index in [4.69, 9.17) is 0 Å². The minimum absolute atomic E-state index is 0.0541. The molecule has 104 valence electrons. The molecule has 0 aromatic carbocycles. The number of anilines is 1. The molecule has 20 heavy (non-hydrogen) atoms. The van der Waals surface area contributed by atoms with Gasteiger partial charge in [-0.2, -0.15) is 0 Å². The fourth-order valence-corrected chi connectivity index (χ4v) is 3.54. The van der Waals surface area contributed by atoms with Gasteiger partial charge in [-0.3, -0.25) is 14.6 Å². The van der Waals surface area contributed by atoms with Crippen LogP contribution >= 0.6 is 0 Å². The number of aliphatic carboxylic acids is 1. The molecule has 2 aliphatic rings. The number of rotatable bonds is 2.